The zero-order valence-corrected chi connectivity index (χ0v) is 56.2. The molecule has 8 N–H and O–H groups in total. The van der Waals surface area contributed by atoms with Crippen LogP contribution in [0.25, 0.3) is 43.1 Å². The SMILES string of the molecule is O=C1c2ccc3c4ccc5c6c(ccc(c7ccc(c2c37)C(=O)N1c1ccc(Nc2nc(SCCCSOOO)nc(SCCCS(=O)O)n2)c(SOOO)c1)c64)C(=O)N(c1ccc(Nc2nc(SCCCS(=O)(=O)O)nc(SCCCS(=O)(=O)O)n2)c(S(=O)(=O)O)c1)C5=O. The second kappa shape index (κ2) is 29.7. The largest absolute Gasteiger partial charge is 0.323 e. The molecule has 41 heteroatoms. The fraction of sp³-hybridized carbons (Fsp3) is 0.222. The van der Waals surface area contributed by atoms with E-state index in [1.165, 1.54) is 59.9 Å². The smallest absolute Gasteiger partial charge is 0.296 e. The fourth-order valence-corrected chi connectivity index (χ4v) is 17.2. The first-order valence-electron chi connectivity index (χ1n) is 27.4. The van der Waals surface area contributed by atoms with Crippen molar-refractivity contribution in [2.24, 2.45) is 0 Å². The van der Waals surface area contributed by atoms with Crippen LogP contribution in [0.5, 0.6) is 0 Å². The topological polar surface area (TPSA) is 454 Å². The van der Waals surface area contributed by atoms with Gasteiger partial charge in [-0.1, -0.05) is 81.4 Å². The highest BCUT2D eigenvalue weighted by atomic mass is 32.2. The van der Waals surface area contributed by atoms with Gasteiger partial charge in [-0.05, 0) is 119 Å². The van der Waals surface area contributed by atoms with Crippen molar-refractivity contribution in [1.82, 2.24) is 29.9 Å². The number of nitrogens with one attached hydrogen (secondary N) is 2. The average molecular weight is 1490 g/mol. The molecule has 4 heterocycles. The first kappa shape index (κ1) is 69.8. The number of amides is 4. The van der Waals surface area contributed by atoms with E-state index in [2.05, 4.69) is 54.9 Å². The maximum atomic E-state index is 14.9. The molecule has 2 aromatic heterocycles. The van der Waals surface area contributed by atoms with Gasteiger partial charge in [-0.3, -0.25) is 32.8 Å². The van der Waals surface area contributed by atoms with Gasteiger partial charge in [-0.25, -0.2) is 24.5 Å². The average Bonchev–Trinajstić information content (AvgIpc) is 0.691. The van der Waals surface area contributed by atoms with Crippen LogP contribution in [0, 0.1) is 0 Å². The number of carbonyl (C=O) groups is 4. The number of benzene rings is 7. The third-order valence-electron chi connectivity index (χ3n) is 14.1. The summed E-state index contributed by atoms with van der Waals surface area (Å²) in [5.41, 5.74) is 0.161. The molecule has 0 saturated heterocycles. The lowest BCUT2D eigenvalue weighted by molar-refractivity contribution is -0.432. The Hall–Kier alpha value is -6.56. The molecule has 2 aliphatic rings. The van der Waals surface area contributed by atoms with Crippen molar-refractivity contribution < 1.29 is 96.1 Å². The summed E-state index contributed by atoms with van der Waals surface area (Å²) in [6.07, 6.45) is 0.926. The van der Waals surface area contributed by atoms with E-state index in [0.29, 0.717) is 85.0 Å². The number of rotatable bonds is 32. The summed E-state index contributed by atoms with van der Waals surface area (Å²) in [5, 5.41) is 35.5. The zero-order chi connectivity index (χ0) is 67.5. The number of carbonyl (C=O) groups excluding carboxylic acids is 4. The second-order valence-electron chi connectivity index (χ2n) is 20.2. The van der Waals surface area contributed by atoms with Gasteiger partial charge in [-0.15, -0.1) is 8.67 Å². The lowest BCUT2D eigenvalue weighted by Gasteiger charge is -2.30. The minimum absolute atomic E-state index is 0.00549. The van der Waals surface area contributed by atoms with Crippen molar-refractivity contribution in [2.45, 2.75) is 56.1 Å². The Morgan fingerprint density at radius 2 is 0.874 bits per heavy atom. The molecule has 0 fully saturated rings. The van der Waals surface area contributed by atoms with E-state index in [1.54, 1.807) is 36.4 Å². The maximum Gasteiger partial charge on any atom is 0.296 e. The van der Waals surface area contributed by atoms with E-state index in [-0.39, 0.29) is 113 Å². The van der Waals surface area contributed by atoms with E-state index in [4.69, 9.17) is 9.59 Å². The predicted molar refractivity (Wildman–Crippen MR) is 357 cm³/mol. The summed E-state index contributed by atoms with van der Waals surface area (Å²) >= 11 is 3.83. The zero-order valence-electron chi connectivity index (χ0n) is 48.0. The third kappa shape index (κ3) is 15.9. The van der Waals surface area contributed by atoms with E-state index < -0.39 is 81.5 Å². The lowest BCUT2D eigenvalue weighted by Crippen LogP contribution is -2.40. The Labute approximate surface area is 565 Å². The Morgan fingerprint density at radius 3 is 1.28 bits per heavy atom. The molecule has 0 bridgehead atoms. The molecular formula is C54H46N10O21S10. The van der Waals surface area contributed by atoms with Gasteiger partial charge in [0, 0.05) is 73.8 Å². The highest BCUT2D eigenvalue weighted by Crippen LogP contribution is 2.48. The van der Waals surface area contributed by atoms with Crippen molar-refractivity contribution in [1.29, 1.82) is 0 Å². The van der Waals surface area contributed by atoms with Crippen LogP contribution in [0.2, 0.25) is 0 Å². The molecule has 7 aromatic carbocycles. The molecule has 4 amide bonds. The molecule has 31 nitrogen and oxygen atoms in total. The van der Waals surface area contributed by atoms with Crippen LogP contribution in [0.15, 0.2) is 115 Å². The quantitative estimate of drug-likeness (QED) is 0.00186. The summed E-state index contributed by atoms with van der Waals surface area (Å²) in [6, 6.07) is 20.6. The van der Waals surface area contributed by atoms with Crippen LogP contribution in [0.4, 0.5) is 34.6 Å². The summed E-state index contributed by atoms with van der Waals surface area (Å²) < 4.78 is 130. The molecule has 0 spiro atoms. The summed E-state index contributed by atoms with van der Waals surface area (Å²) in [6.45, 7) is 0. The molecule has 0 aliphatic carbocycles. The normalized spacial score (nSPS) is 14.0. The number of nitrogens with zero attached hydrogens (tertiary/aromatic N) is 8. The summed E-state index contributed by atoms with van der Waals surface area (Å²) in [7, 11) is -13.8. The molecular weight excluding hydrogens is 1450 g/mol. The lowest BCUT2D eigenvalue weighted by atomic mass is 9.82. The van der Waals surface area contributed by atoms with Gasteiger partial charge in [0.1, 0.15) is 4.90 Å². The highest BCUT2D eigenvalue weighted by molar-refractivity contribution is 8.00. The molecule has 2 aliphatic heterocycles. The molecule has 11 rings (SSSR count). The van der Waals surface area contributed by atoms with Gasteiger partial charge in [0.15, 0.2) is 31.7 Å². The van der Waals surface area contributed by atoms with Gasteiger partial charge in [0.25, 0.3) is 54.0 Å². The van der Waals surface area contributed by atoms with Crippen LogP contribution in [-0.4, -0.2) is 158 Å². The van der Waals surface area contributed by atoms with Crippen LogP contribution < -0.4 is 20.4 Å². The summed E-state index contributed by atoms with van der Waals surface area (Å²) in [4.78, 5) is 86.9. The minimum atomic E-state index is -5.19. The van der Waals surface area contributed by atoms with Crippen molar-refractivity contribution >= 4 is 214 Å². The number of imide groups is 2. The van der Waals surface area contributed by atoms with E-state index >= 15 is 0 Å². The van der Waals surface area contributed by atoms with Crippen LogP contribution >= 0.6 is 71.1 Å². The van der Waals surface area contributed by atoms with Gasteiger partial charge in [0.05, 0.1) is 56.9 Å². The molecule has 1 atom stereocenters. The van der Waals surface area contributed by atoms with Crippen molar-refractivity contribution in [3.8, 4) is 0 Å². The number of hydrogen-bond donors (Lipinski definition) is 8. The van der Waals surface area contributed by atoms with Gasteiger partial charge in [-0.2, -0.15) is 55.2 Å². The van der Waals surface area contributed by atoms with Gasteiger partial charge < -0.3 is 15.2 Å². The number of aromatic nitrogens is 6. The molecule has 498 valence electrons. The highest BCUT2D eigenvalue weighted by Gasteiger charge is 2.39. The monoisotopic (exact) mass is 1490 g/mol. The van der Waals surface area contributed by atoms with Crippen molar-refractivity contribution in [2.75, 3.05) is 66.5 Å². The van der Waals surface area contributed by atoms with E-state index in [1.807, 2.05) is 0 Å². The fourth-order valence-electron chi connectivity index (χ4n) is 10.4. The van der Waals surface area contributed by atoms with Crippen LogP contribution in [0.3, 0.4) is 0 Å². The maximum absolute atomic E-state index is 14.9. The molecule has 0 radical (unpaired) electrons. The van der Waals surface area contributed by atoms with Gasteiger partial charge in [0.2, 0.25) is 11.9 Å². The van der Waals surface area contributed by atoms with Gasteiger partial charge >= 0.3 is 0 Å². The number of hydrogen-bond acceptors (Lipinski definition) is 31. The van der Waals surface area contributed by atoms with E-state index in [9.17, 15) is 72.1 Å². The first-order chi connectivity index (χ1) is 45.4. The standard InChI is InChI=1S/C54H46N10O21S10/c65-45-33-11-7-29-31-9-13-35-44-36(48(68)64(47(35)67)28-6-16-38(40(26-28)95(79,80)81)56-50-59-53(88-19-3-23-93(73,74)75)62-54(60-50)89-20-4-24-94(76,77)78)14-10-32(42(31)44)30-8-12-34(43(33)41(29)30)46(66)63(45)27-5-15-37(39(25-27)91-85-83-70)55-49-57-51(86-17-1-21-90-84-82-69)61-52(58-49)87-18-2-22-92(71)72/h5-16,25-26,69-70H,1-4,17-24H2,(H,71,72)(H,73,74,75)(H,76,77,78)(H,79,80,81)(H,55,57,58,61)(H,56,59,60,62). The van der Waals surface area contributed by atoms with E-state index in [0.717, 1.165) is 57.5 Å². The number of fused-ring (bicyclic) bond motifs is 2. The second-order valence-corrected chi connectivity index (χ2v) is 31.5. The predicted octanol–water partition coefficient (Wildman–Crippen LogP) is 9.87. The Balaban J connectivity index is 0.884. The molecule has 0 saturated carbocycles. The van der Waals surface area contributed by atoms with Crippen molar-refractivity contribution in [3.05, 3.63) is 107 Å². The van der Waals surface area contributed by atoms with Crippen LogP contribution in [-0.2, 0) is 60.2 Å². The Bertz CT molecular complexity index is 4770. The Morgan fingerprint density at radius 1 is 0.474 bits per heavy atom. The third-order valence-corrected chi connectivity index (χ3v) is 22.3. The Kier molecular flexibility index (Phi) is 21.8. The molecule has 95 heavy (non-hydrogen) atoms. The summed E-state index contributed by atoms with van der Waals surface area (Å²) in [5.74, 6) is -2.91. The number of anilines is 6. The minimum Gasteiger partial charge on any atom is -0.323 e. The molecule has 9 aromatic rings. The van der Waals surface area contributed by atoms with Crippen molar-refractivity contribution in [3.63, 3.8) is 0 Å². The van der Waals surface area contributed by atoms with Crippen LogP contribution in [0.1, 0.15) is 67.1 Å². The first-order valence-corrected chi connectivity index (χ1v) is 39.0. The molecule has 1 unspecified atom stereocenters. The number of thioether (sulfide) groups is 4.